The molecule has 5 rings (SSSR count). The Kier molecular flexibility index (Phi) is 7.43. The van der Waals surface area contributed by atoms with Gasteiger partial charge in [0, 0.05) is 28.1 Å². The highest BCUT2D eigenvalue weighted by Crippen LogP contribution is 2.43. The van der Waals surface area contributed by atoms with Crippen molar-refractivity contribution in [2.45, 2.75) is 63.7 Å². The van der Waals surface area contributed by atoms with Crippen LogP contribution in [-0.4, -0.2) is 32.2 Å². The number of pyridine rings is 1. The number of carbonyl (C=O) groups excluding carboxylic acids is 1. The molecule has 10 heteroatoms. The van der Waals surface area contributed by atoms with E-state index in [0.29, 0.717) is 22.3 Å². The molecule has 0 fully saturated rings. The summed E-state index contributed by atoms with van der Waals surface area (Å²) in [5.74, 6) is 0.0151. The number of amides is 1. The van der Waals surface area contributed by atoms with Gasteiger partial charge in [-0.1, -0.05) is 48.3 Å². The zero-order chi connectivity index (χ0) is 25.4. The van der Waals surface area contributed by atoms with Crippen molar-refractivity contribution in [1.29, 1.82) is 0 Å². The molecule has 1 aromatic carbocycles. The molecule has 4 heterocycles. The van der Waals surface area contributed by atoms with Crippen LogP contribution in [0.25, 0.3) is 20.4 Å². The van der Waals surface area contributed by atoms with Crippen molar-refractivity contribution >= 4 is 78.3 Å². The Balaban J connectivity index is 1.48. The summed E-state index contributed by atoms with van der Waals surface area (Å²) < 4.78 is 7.13. The van der Waals surface area contributed by atoms with Gasteiger partial charge in [-0.3, -0.25) is 4.79 Å². The smallest absolute Gasteiger partial charge is 0.234 e. The van der Waals surface area contributed by atoms with Crippen molar-refractivity contribution in [3.63, 3.8) is 0 Å². The van der Waals surface area contributed by atoms with E-state index in [2.05, 4.69) is 36.1 Å². The van der Waals surface area contributed by atoms with E-state index in [4.69, 9.17) is 32.9 Å². The first kappa shape index (κ1) is 25.7. The van der Waals surface area contributed by atoms with Crippen LogP contribution in [0, 0.1) is 0 Å². The van der Waals surface area contributed by atoms with Crippen LogP contribution in [0.15, 0.2) is 29.6 Å². The van der Waals surface area contributed by atoms with Crippen molar-refractivity contribution in [1.82, 2.24) is 15.0 Å². The number of unbranched alkanes of at least 4 members (excludes halogenated alkanes) is 1. The average molecular weight is 562 g/mol. The Morgan fingerprint density at radius 2 is 2.08 bits per heavy atom. The molecule has 0 atom stereocenters. The van der Waals surface area contributed by atoms with Crippen LogP contribution in [0.1, 0.15) is 50.4 Å². The largest absolute Gasteiger partial charge is 0.370 e. The summed E-state index contributed by atoms with van der Waals surface area (Å²) in [7, 11) is 0. The lowest BCUT2D eigenvalue weighted by Crippen LogP contribution is -2.32. The van der Waals surface area contributed by atoms with E-state index in [1.807, 2.05) is 0 Å². The summed E-state index contributed by atoms with van der Waals surface area (Å²) >= 11 is 15.1. The van der Waals surface area contributed by atoms with Gasteiger partial charge in [0.1, 0.15) is 16.2 Å². The Morgan fingerprint density at radius 1 is 1.25 bits per heavy atom. The summed E-state index contributed by atoms with van der Waals surface area (Å²) in [5, 5.41) is 5.63. The molecule has 1 amide bonds. The van der Waals surface area contributed by atoms with Crippen LogP contribution in [-0.2, 0) is 29.0 Å². The number of thioether (sulfide) groups is 1. The third-order valence-corrected chi connectivity index (χ3v) is 8.94. The van der Waals surface area contributed by atoms with E-state index in [0.717, 1.165) is 56.8 Å². The standard InChI is InChI=1S/C26H26Cl2N4O2S2/c1-4-5-6-18-16-11-34-26(2,3)10-15(16)21-22-23(36-24(21)32-18)25(30-13-29-22)35-12-20(33)31-19-8-7-14(27)9-17(19)28/h7-9,13H,4-6,10-12H2,1-3H3,(H,31,33). The number of halogens is 2. The van der Waals surface area contributed by atoms with Gasteiger partial charge in [-0.2, -0.15) is 0 Å². The minimum absolute atomic E-state index is 0.173. The Bertz CT molecular complexity index is 1470. The normalized spacial score (nSPS) is 14.8. The van der Waals surface area contributed by atoms with Crippen molar-refractivity contribution < 1.29 is 9.53 Å². The van der Waals surface area contributed by atoms with Crippen molar-refractivity contribution in [2.24, 2.45) is 0 Å². The molecule has 0 unspecified atom stereocenters. The lowest BCUT2D eigenvalue weighted by atomic mass is 9.88. The molecule has 0 radical (unpaired) electrons. The second kappa shape index (κ2) is 10.4. The van der Waals surface area contributed by atoms with E-state index in [9.17, 15) is 4.79 Å². The zero-order valence-electron chi connectivity index (χ0n) is 20.3. The number of rotatable bonds is 7. The van der Waals surface area contributed by atoms with E-state index in [1.165, 1.54) is 22.9 Å². The van der Waals surface area contributed by atoms with Crippen LogP contribution >= 0.6 is 46.3 Å². The quantitative estimate of drug-likeness (QED) is 0.186. The van der Waals surface area contributed by atoms with Crippen LogP contribution in [0.4, 0.5) is 5.69 Å². The van der Waals surface area contributed by atoms with Gasteiger partial charge in [-0.15, -0.1) is 11.3 Å². The van der Waals surface area contributed by atoms with E-state index in [-0.39, 0.29) is 17.3 Å². The highest BCUT2D eigenvalue weighted by atomic mass is 35.5. The van der Waals surface area contributed by atoms with E-state index < -0.39 is 0 Å². The fourth-order valence-electron chi connectivity index (χ4n) is 4.42. The topological polar surface area (TPSA) is 77.0 Å². The van der Waals surface area contributed by atoms with Crippen molar-refractivity contribution in [2.75, 3.05) is 11.1 Å². The van der Waals surface area contributed by atoms with Gasteiger partial charge < -0.3 is 10.1 Å². The number of fused-ring (bicyclic) bond motifs is 5. The number of hydrogen-bond donors (Lipinski definition) is 1. The van der Waals surface area contributed by atoms with Gasteiger partial charge in [-0.25, -0.2) is 15.0 Å². The molecule has 1 aliphatic rings. The molecule has 0 spiro atoms. The van der Waals surface area contributed by atoms with Gasteiger partial charge in [0.05, 0.1) is 38.9 Å². The third-order valence-electron chi connectivity index (χ3n) is 6.19. The number of ether oxygens (including phenoxy) is 1. The molecule has 6 nitrogen and oxygen atoms in total. The third kappa shape index (κ3) is 5.20. The molecule has 4 aromatic rings. The summed E-state index contributed by atoms with van der Waals surface area (Å²) in [4.78, 5) is 27.9. The fourth-order valence-corrected chi connectivity index (χ4v) is 6.93. The van der Waals surface area contributed by atoms with Gasteiger partial charge in [-0.05, 0) is 50.5 Å². The average Bonchev–Trinajstić information content (AvgIpc) is 3.21. The molecule has 36 heavy (non-hydrogen) atoms. The zero-order valence-corrected chi connectivity index (χ0v) is 23.4. The number of benzene rings is 1. The number of thiophene rings is 1. The maximum Gasteiger partial charge on any atom is 0.234 e. The Morgan fingerprint density at radius 3 is 2.86 bits per heavy atom. The molecule has 0 bridgehead atoms. The molecule has 1 aliphatic heterocycles. The van der Waals surface area contributed by atoms with Gasteiger partial charge in [0.15, 0.2) is 0 Å². The van der Waals surface area contributed by atoms with E-state index in [1.54, 1.807) is 35.9 Å². The highest BCUT2D eigenvalue weighted by Gasteiger charge is 2.31. The summed E-state index contributed by atoms with van der Waals surface area (Å²) in [6, 6.07) is 4.99. The highest BCUT2D eigenvalue weighted by molar-refractivity contribution is 8.00. The first-order valence-corrected chi connectivity index (χ1v) is 14.4. The summed E-state index contributed by atoms with van der Waals surface area (Å²) in [6.45, 7) is 7.02. The fraction of sp³-hybridized carbons (Fsp3) is 0.385. The molecule has 0 saturated heterocycles. The molecular weight excluding hydrogens is 535 g/mol. The second-order valence-corrected chi connectivity index (χ2v) is 12.3. The van der Waals surface area contributed by atoms with Crippen LogP contribution in [0.2, 0.25) is 10.0 Å². The molecule has 3 aromatic heterocycles. The Hall–Kier alpha value is -1.97. The van der Waals surface area contributed by atoms with Gasteiger partial charge in [0.2, 0.25) is 5.91 Å². The number of carbonyl (C=O) groups is 1. The number of nitrogens with zero attached hydrogens (tertiary/aromatic N) is 3. The first-order chi connectivity index (χ1) is 17.3. The number of hydrogen-bond acceptors (Lipinski definition) is 7. The number of aromatic nitrogens is 3. The molecule has 1 N–H and O–H groups in total. The van der Waals surface area contributed by atoms with Crippen LogP contribution < -0.4 is 5.32 Å². The molecule has 0 saturated carbocycles. The van der Waals surface area contributed by atoms with Gasteiger partial charge in [0.25, 0.3) is 0 Å². The van der Waals surface area contributed by atoms with E-state index >= 15 is 0 Å². The maximum atomic E-state index is 12.6. The number of anilines is 1. The minimum atomic E-state index is -0.247. The molecule has 188 valence electrons. The maximum absolute atomic E-state index is 12.6. The Labute approximate surface area is 228 Å². The summed E-state index contributed by atoms with van der Waals surface area (Å²) in [5.41, 5.74) is 4.81. The lowest BCUT2D eigenvalue weighted by molar-refractivity contribution is -0.113. The molecular formula is C26H26Cl2N4O2S2. The van der Waals surface area contributed by atoms with Crippen molar-refractivity contribution in [3.8, 4) is 0 Å². The monoisotopic (exact) mass is 560 g/mol. The SMILES string of the molecule is CCCCc1nc2sc3c(SCC(=O)Nc4ccc(Cl)cc4Cl)ncnc3c2c2c1COC(C)(C)C2. The van der Waals surface area contributed by atoms with Crippen LogP contribution in [0.5, 0.6) is 0 Å². The minimum Gasteiger partial charge on any atom is -0.370 e. The number of nitrogens with one attached hydrogen (secondary N) is 1. The van der Waals surface area contributed by atoms with Crippen LogP contribution in [0.3, 0.4) is 0 Å². The second-order valence-electron chi connectivity index (χ2n) is 9.44. The first-order valence-electron chi connectivity index (χ1n) is 11.8. The predicted molar refractivity (Wildman–Crippen MR) is 150 cm³/mol. The predicted octanol–water partition coefficient (Wildman–Crippen LogP) is 7.47. The van der Waals surface area contributed by atoms with Crippen molar-refractivity contribution in [3.05, 3.63) is 51.4 Å². The number of aryl methyl sites for hydroxylation is 1. The van der Waals surface area contributed by atoms with Gasteiger partial charge >= 0.3 is 0 Å². The lowest BCUT2D eigenvalue weighted by Gasteiger charge is -2.33. The molecule has 0 aliphatic carbocycles. The summed E-state index contributed by atoms with van der Waals surface area (Å²) in [6.07, 6.45) is 5.53.